The third kappa shape index (κ3) is 2.30. The minimum atomic E-state index is 0.437. The number of nitrogens with zero attached hydrogens (tertiary/aromatic N) is 4. The Bertz CT molecular complexity index is 440. The van der Waals surface area contributed by atoms with E-state index in [9.17, 15) is 0 Å². The molecule has 15 heavy (non-hydrogen) atoms. The van der Waals surface area contributed by atoms with Crippen molar-refractivity contribution in [3.63, 3.8) is 0 Å². The standard InChI is InChI=1S/C9H10ClN5/c1-2-3-6-4-8(10)13-9(12-6)7-5-11-15-14-7/h4-5H,2-3H2,1H3,(H,11,14,15). The summed E-state index contributed by atoms with van der Waals surface area (Å²) in [5.74, 6) is 0.514. The Morgan fingerprint density at radius 2 is 2.27 bits per heavy atom. The normalized spacial score (nSPS) is 10.5. The second-order valence-corrected chi connectivity index (χ2v) is 3.50. The molecule has 78 valence electrons. The summed E-state index contributed by atoms with van der Waals surface area (Å²) in [5.41, 5.74) is 1.53. The lowest BCUT2D eigenvalue weighted by atomic mass is 10.2. The molecule has 0 bridgehead atoms. The third-order valence-corrected chi connectivity index (χ3v) is 2.09. The van der Waals surface area contributed by atoms with Crippen molar-refractivity contribution in [3.05, 3.63) is 23.1 Å². The summed E-state index contributed by atoms with van der Waals surface area (Å²) in [7, 11) is 0. The number of rotatable bonds is 3. The number of aromatic amines is 1. The van der Waals surface area contributed by atoms with Crippen LogP contribution in [0.15, 0.2) is 12.3 Å². The highest BCUT2D eigenvalue weighted by atomic mass is 35.5. The zero-order chi connectivity index (χ0) is 10.7. The van der Waals surface area contributed by atoms with Gasteiger partial charge in [-0.25, -0.2) is 9.97 Å². The summed E-state index contributed by atoms with van der Waals surface area (Å²) in [4.78, 5) is 8.44. The molecule has 5 nitrogen and oxygen atoms in total. The first kappa shape index (κ1) is 10.0. The van der Waals surface area contributed by atoms with Gasteiger partial charge in [0.15, 0.2) is 5.82 Å². The van der Waals surface area contributed by atoms with Crippen LogP contribution in [-0.2, 0) is 6.42 Å². The predicted molar refractivity (Wildman–Crippen MR) is 56.4 cm³/mol. The molecule has 2 aromatic rings. The molecule has 0 unspecified atom stereocenters. The second kappa shape index (κ2) is 4.35. The molecule has 2 rings (SSSR count). The first-order valence-electron chi connectivity index (χ1n) is 4.69. The van der Waals surface area contributed by atoms with Crippen LogP contribution >= 0.6 is 11.6 Å². The Morgan fingerprint density at radius 1 is 1.40 bits per heavy atom. The first-order valence-corrected chi connectivity index (χ1v) is 5.07. The van der Waals surface area contributed by atoms with E-state index in [1.165, 1.54) is 0 Å². The number of aromatic nitrogens is 5. The van der Waals surface area contributed by atoms with E-state index in [-0.39, 0.29) is 0 Å². The molecule has 0 aliphatic rings. The highest BCUT2D eigenvalue weighted by Gasteiger charge is 2.07. The third-order valence-electron chi connectivity index (χ3n) is 1.90. The van der Waals surface area contributed by atoms with Crippen molar-refractivity contribution in [1.29, 1.82) is 0 Å². The molecule has 0 aliphatic carbocycles. The van der Waals surface area contributed by atoms with E-state index in [4.69, 9.17) is 11.6 Å². The van der Waals surface area contributed by atoms with E-state index < -0.39 is 0 Å². The van der Waals surface area contributed by atoms with E-state index >= 15 is 0 Å². The lowest BCUT2D eigenvalue weighted by molar-refractivity contribution is 0.872. The van der Waals surface area contributed by atoms with Crippen LogP contribution in [0.5, 0.6) is 0 Å². The monoisotopic (exact) mass is 223 g/mol. The van der Waals surface area contributed by atoms with Gasteiger partial charge in [-0.05, 0) is 12.5 Å². The number of nitrogens with one attached hydrogen (secondary N) is 1. The number of aryl methyl sites for hydroxylation is 1. The Kier molecular flexibility index (Phi) is 2.91. The maximum Gasteiger partial charge on any atom is 0.183 e. The Balaban J connectivity index is 2.40. The Morgan fingerprint density at radius 3 is 2.93 bits per heavy atom. The smallest absolute Gasteiger partial charge is 0.183 e. The maximum atomic E-state index is 5.89. The van der Waals surface area contributed by atoms with Gasteiger partial charge in [-0.1, -0.05) is 24.9 Å². The van der Waals surface area contributed by atoms with Crippen molar-refractivity contribution in [2.24, 2.45) is 0 Å². The fraction of sp³-hybridized carbons (Fsp3) is 0.333. The molecular formula is C9H10ClN5. The van der Waals surface area contributed by atoms with E-state index in [0.717, 1.165) is 18.5 Å². The van der Waals surface area contributed by atoms with Gasteiger partial charge in [-0.2, -0.15) is 15.4 Å². The topological polar surface area (TPSA) is 67.3 Å². The molecule has 0 aliphatic heterocycles. The van der Waals surface area contributed by atoms with Crippen LogP contribution < -0.4 is 0 Å². The quantitative estimate of drug-likeness (QED) is 0.807. The molecule has 0 fully saturated rings. The molecule has 0 amide bonds. The van der Waals surface area contributed by atoms with Gasteiger partial charge in [0.05, 0.1) is 6.20 Å². The number of hydrogen-bond donors (Lipinski definition) is 1. The van der Waals surface area contributed by atoms with Crippen molar-refractivity contribution in [2.45, 2.75) is 19.8 Å². The molecule has 0 saturated carbocycles. The highest BCUT2D eigenvalue weighted by molar-refractivity contribution is 6.29. The summed E-state index contributed by atoms with van der Waals surface area (Å²) in [6.07, 6.45) is 3.47. The maximum absolute atomic E-state index is 5.89. The average Bonchev–Trinajstić information content (AvgIpc) is 2.70. The van der Waals surface area contributed by atoms with Crippen LogP contribution in [0.1, 0.15) is 19.0 Å². The van der Waals surface area contributed by atoms with Crippen LogP contribution in [0.3, 0.4) is 0 Å². The van der Waals surface area contributed by atoms with E-state index in [1.54, 1.807) is 12.3 Å². The van der Waals surface area contributed by atoms with Crippen LogP contribution in [0, 0.1) is 0 Å². The Hall–Kier alpha value is -1.49. The lowest BCUT2D eigenvalue weighted by Gasteiger charge is -2.01. The Labute approximate surface area is 91.9 Å². The van der Waals surface area contributed by atoms with Gasteiger partial charge < -0.3 is 0 Å². The summed E-state index contributed by atoms with van der Waals surface area (Å²) in [6, 6.07) is 1.77. The molecule has 2 aromatic heterocycles. The fourth-order valence-electron chi connectivity index (χ4n) is 1.27. The van der Waals surface area contributed by atoms with Crippen LogP contribution in [0.4, 0.5) is 0 Å². The number of halogens is 1. The van der Waals surface area contributed by atoms with Crippen LogP contribution in [0.25, 0.3) is 11.5 Å². The van der Waals surface area contributed by atoms with Gasteiger partial charge in [0.1, 0.15) is 10.8 Å². The largest absolute Gasteiger partial charge is 0.232 e. The molecule has 6 heteroatoms. The lowest BCUT2D eigenvalue weighted by Crippen LogP contribution is -1.96. The minimum absolute atomic E-state index is 0.437. The molecule has 0 saturated heterocycles. The van der Waals surface area contributed by atoms with E-state index in [2.05, 4.69) is 32.3 Å². The zero-order valence-corrected chi connectivity index (χ0v) is 8.99. The molecule has 0 atom stereocenters. The van der Waals surface area contributed by atoms with Gasteiger partial charge >= 0.3 is 0 Å². The van der Waals surface area contributed by atoms with Crippen molar-refractivity contribution < 1.29 is 0 Å². The summed E-state index contributed by atoms with van der Waals surface area (Å²) in [5, 5.41) is 10.6. The van der Waals surface area contributed by atoms with Crippen molar-refractivity contribution in [2.75, 3.05) is 0 Å². The summed E-state index contributed by atoms with van der Waals surface area (Å²) >= 11 is 5.89. The van der Waals surface area contributed by atoms with Gasteiger partial charge in [0.25, 0.3) is 0 Å². The van der Waals surface area contributed by atoms with Crippen molar-refractivity contribution in [3.8, 4) is 11.5 Å². The SMILES string of the molecule is CCCc1cc(Cl)nc(-c2cn[nH]n2)n1. The molecule has 2 heterocycles. The average molecular weight is 224 g/mol. The summed E-state index contributed by atoms with van der Waals surface area (Å²) in [6.45, 7) is 2.09. The second-order valence-electron chi connectivity index (χ2n) is 3.11. The van der Waals surface area contributed by atoms with Gasteiger partial charge in [0, 0.05) is 5.69 Å². The van der Waals surface area contributed by atoms with Crippen LogP contribution in [-0.4, -0.2) is 25.4 Å². The first-order chi connectivity index (χ1) is 7.29. The van der Waals surface area contributed by atoms with Gasteiger partial charge in [-0.3, -0.25) is 0 Å². The molecular weight excluding hydrogens is 214 g/mol. The van der Waals surface area contributed by atoms with Crippen LogP contribution in [0.2, 0.25) is 5.15 Å². The van der Waals surface area contributed by atoms with Gasteiger partial charge in [-0.15, -0.1) is 0 Å². The van der Waals surface area contributed by atoms with Crippen molar-refractivity contribution >= 4 is 11.6 Å². The van der Waals surface area contributed by atoms with E-state index in [1.807, 2.05) is 0 Å². The summed E-state index contributed by atoms with van der Waals surface area (Å²) < 4.78 is 0. The molecule has 0 aromatic carbocycles. The number of H-pyrrole nitrogens is 1. The van der Waals surface area contributed by atoms with Crippen molar-refractivity contribution in [1.82, 2.24) is 25.4 Å². The van der Waals surface area contributed by atoms with E-state index in [0.29, 0.717) is 16.7 Å². The number of hydrogen-bond acceptors (Lipinski definition) is 4. The molecule has 0 radical (unpaired) electrons. The molecule has 0 spiro atoms. The van der Waals surface area contributed by atoms with Gasteiger partial charge in [0.2, 0.25) is 0 Å². The minimum Gasteiger partial charge on any atom is -0.232 e. The predicted octanol–water partition coefficient (Wildman–Crippen LogP) is 1.87. The molecule has 1 N–H and O–H groups in total. The zero-order valence-electron chi connectivity index (χ0n) is 8.24. The highest BCUT2D eigenvalue weighted by Crippen LogP contribution is 2.15. The fourth-order valence-corrected chi connectivity index (χ4v) is 1.48.